The Balaban J connectivity index is 1.65. The molecule has 0 spiro atoms. The van der Waals surface area contributed by atoms with Crippen molar-refractivity contribution in [2.45, 2.75) is 12.8 Å². The van der Waals surface area contributed by atoms with Crippen molar-refractivity contribution in [2.24, 2.45) is 11.7 Å². The maximum atomic E-state index is 12.2. The molecule has 1 aliphatic heterocycles. The molecule has 0 saturated carbocycles. The molecule has 1 unspecified atom stereocenters. The number of carbonyl (C=O) groups is 2. The Kier molecular flexibility index (Phi) is 5.52. The summed E-state index contributed by atoms with van der Waals surface area (Å²) in [6, 6.07) is 11.0. The van der Waals surface area contributed by atoms with E-state index in [0.29, 0.717) is 17.8 Å². The summed E-state index contributed by atoms with van der Waals surface area (Å²) in [7, 11) is 0. The van der Waals surface area contributed by atoms with Gasteiger partial charge in [0.25, 0.3) is 5.91 Å². The number of nitrogens with one attached hydrogen (secondary N) is 1. The molecule has 1 atom stereocenters. The third-order valence-corrected chi connectivity index (χ3v) is 4.98. The number of benzene rings is 1. The molecule has 3 N–H and O–H groups in total. The molecule has 0 bridgehead atoms. The molecule has 0 aliphatic carbocycles. The second kappa shape index (κ2) is 7.81. The summed E-state index contributed by atoms with van der Waals surface area (Å²) in [5.41, 5.74) is 6.65. The van der Waals surface area contributed by atoms with Gasteiger partial charge in [0.1, 0.15) is 5.82 Å². The molecule has 2 heterocycles. The lowest BCUT2D eigenvalue weighted by Gasteiger charge is -2.32. The fourth-order valence-electron chi connectivity index (χ4n) is 2.87. The number of anilines is 2. The fraction of sp³-hybridized carbons (Fsp3) is 0.278. The largest absolute Gasteiger partial charge is 0.369 e. The zero-order chi connectivity index (χ0) is 17.8. The van der Waals surface area contributed by atoms with Crippen molar-refractivity contribution in [3.63, 3.8) is 0 Å². The first kappa shape index (κ1) is 17.7. The van der Waals surface area contributed by atoms with Gasteiger partial charge in [-0.2, -0.15) is 0 Å². The van der Waals surface area contributed by atoms with Crippen molar-refractivity contribution in [3.8, 4) is 0 Å². The van der Waals surface area contributed by atoms with Crippen LogP contribution in [0.15, 0.2) is 42.6 Å². The number of primary amides is 1. The minimum atomic E-state index is -0.258. The first-order chi connectivity index (χ1) is 12.0. The number of rotatable bonds is 4. The van der Waals surface area contributed by atoms with E-state index in [0.717, 1.165) is 28.8 Å². The lowest BCUT2D eigenvalue weighted by molar-refractivity contribution is -0.122. The fourth-order valence-corrected chi connectivity index (χ4v) is 3.23. The molecule has 1 saturated heterocycles. The summed E-state index contributed by atoms with van der Waals surface area (Å²) < 4.78 is 1.08. The molecule has 2 amide bonds. The van der Waals surface area contributed by atoms with E-state index in [1.54, 1.807) is 18.3 Å². The predicted octanol–water partition coefficient (Wildman–Crippen LogP) is 2.64. The summed E-state index contributed by atoms with van der Waals surface area (Å²) in [6.45, 7) is 1.45. The van der Waals surface area contributed by atoms with Gasteiger partial charge >= 0.3 is 0 Å². The zero-order valence-electron chi connectivity index (χ0n) is 13.6. The molecule has 6 nitrogen and oxygen atoms in total. The number of hydrogen-bond donors (Lipinski definition) is 2. The smallest absolute Gasteiger partial charge is 0.255 e. The Hall–Kier alpha value is -2.16. The van der Waals surface area contributed by atoms with E-state index in [2.05, 4.69) is 37.8 Å². The number of nitrogens with two attached hydrogens (primary N) is 1. The van der Waals surface area contributed by atoms with Crippen molar-refractivity contribution in [1.29, 1.82) is 0 Å². The SMILES string of the molecule is NC(=O)C1CCCN(c2ccc(NC(=O)c3ccc(I)cc3)cn2)C1. The van der Waals surface area contributed by atoms with Crippen LogP contribution >= 0.6 is 22.6 Å². The summed E-state index contributed by atoms with van der Waals surface area (Å²) in [5.74, 6) is 0.234. The highest BCUT2D eigenvalue weighted by molar-refractivity contribution is 14.1. The Morgan fingerprint density at radius 2 is 1.96 bits per heavy atom. The van der Waals surface area contributed by atoms with Crippen LogP contribution in [0, 0.1) is 9.49 Å². The Bertz CT molecular complexity index is 762. The Labute approximate surface area is 159 Å². The highest BCUT2D eigenvalue weighted by atomic mass is 127. The maximum absolute atomic E-state index is 12.2. The highest BCUT2D eigenvalue weighted by Crippen LogP contribution is 2.22. The normalized spacial score (nSPS) is 17.2. The molecule has 7 heteroatoms. The van der Waals surface area contributed by atoms with E-state index < -0.39 is 0 Å². The van der Waals surface area contributed by atoms with Crippen molar-refractivity contribution in [2.75, 3.05) is 23.3 Å². The molecule has 1 fully saturated rings. The topological polar surface area (TPSA) is 88.3 Å². The van der Waals surface area contributed by atoms with Crippen LogP contribution in [0.4, 0.5) is 11.5 Å². The zero-order valence-corrected chi connectivity index (χ0v) is 15.8. The molecule has 25 heavy (non-hydrogen) atoms. The average molecular weight is 450 g/mol. The predicted molar refractivity (Wildman–Crippen MR) is 105 cm³/mol. The molecule has 1 aromatic heterocycles. The molecular formula is C18H19IN4O2. The summed E-state index contributed by atoms with van der Waals surface area (Å²) in [4.78, 5) is 30.1. The number of hydrogen-bond acceptors (Lipinski definition) is 4. The summed E-state index contributed by atoms with van der Waals surface area (Å²) >= 11 is 2.20. The number of halogens is 1. The van der Waals surface area contributed by atoms with Crippen LogP contribution in [0.25, 0.3) is 0 Å². The van der Waals surface area contributed by atoms with Crippen molar-refractivity contribution < 1.29 is 9.59 Å². The van der Waals surface area contributed by atoms with E-state index in [-0.39, 0.29) is 17.7 Å². The van der Waals surface area contributed by atoms with Crippen LogP contribution in [0.2, 0.25) is 0 Å². The van der Waals surface area contributed by atoms with Gasteiger partial charge in [0.2, 0.25) is 5.91 Å². The molecule has 0 radical (unpaired) electrons. The van der Waals surface area contributed by atoms with Crippen LogP contribution in [-0.4, -0.2) is 29.9 Å². The van der Waals surface area contributed by atoms with Gasteiger partial charge in [-0.1, -0.05) is 0 Å². The first-order valence-corrected chi connectivity index (χ1v) is 9.18. The van der Waals surface area contributed by atoms with Crippen LogP contribution in [0.1, 0.15) is 23.2 Å². The van der Waals surface area contributed by atoms with Crippen LogP contribution in [0.3, 0.4) is 0 Å². The lowest BCUT2D eigenvalue weighted by atomic mass is 9.97. The molecule has 130 valence electrons. The molecular weight excluding hydrogens is 431 g/mol. The Morgan fingerprint density at radius 3 is 2.60 bits per heavy atom. The second-order valence-electron chi connectivity index (χ2n) is 6.05. The number of carbonyl (C=O) groups excluding carboxylic acids is 2. The summed E-state index contributed by atoms with van der Waals surface area (Å²) in [6.07, 6.45) is 3.38. The molecule has 1 aliphatic rings. The minimum Gasteiger partial charge on any atom is -0.369 e. The first-order valence-electron chi connectivity index (χ1n) is 8.10. The van der Waals surface area contributed by atoms with Gasteiger partial charge in [-0.05, 0) is 71.8 Å². The molecule has 2 aromatic rings. The maximum Gasteiger partial charge on any atom is 0.255 e. The van der Waals surface area contributed by atoms with Gasteiger partial charge in [0.05, 0.1) is 17.8 Å². The van der Waals surface area contributed by atoms with Crippen molar-refractivity contribution in [3.05, 3.63) is 51.7 Å². The number of nitrogens with zero attached hydrogens (tertiary/aromatic N) is 2. The van der Waals surface area contributed by atoms with E-state index in [1.165, 1.54) is 0 Å². The van der Waals surface area contributed by atoms with Gasteiger partial charge < -0.3 is 16.0 Å². The number of aromatic nitrogens is 1. The van der Waals surface area contributed by atoms with Crippen molar-refractivity contribution in [1.82, 2.24) is 4.98 Å². The van der Waals surface area contributed by atoms with Gasteiger partial charge in [-0.3, -0.25) is 9.59 Å². The number of piperidine rings is 1. The second-order valence-corrected chi connectivity index (χ2v) is 7.30. The van der Waals surface area contributed by atoms with E-state index >= 15 is 0 Å². The minimum absolute atomic E-state index is 0.129. The van der Waals surface area contributed by atoms with Gasteiger partial charge in [0.15, 0.2) is 0 Å². The van der Waals surface area contributed by atoms with Crippen LogP contribution in [-0.2, 0) is 4.79 Å². The lowest BCUT2D eigenvalue weighted by Crippen LogP contribution is -2.41. The van der Waals surface area contributed by atoms with E-state index in [1.807, 2.05) is 24.3 Å². The average Bonchev–Trinajstić information content (AvgIpc) is 2.63. The standard InChI is InChI=1S/C18H19IN4O2/c19-14-5-3-12(4-6-14)18(25)22-15-7-8-16(21-10-15)23-9-1-2-13(11-23)17(20)24/h3-8,10,13H,1-2,9,11H2,(H2,20,24)(H,22,25). The third-order valence-electron chi connectivity index (χ3n) is 4.26. The molecule has 1 aromatic carbocycles. The Morgan fingerprint density at radius 1 is 1.20 bits per heavy atom. The monoisotopic (exact) mass is 450 g/mol. The summed E-state index contributed by atoms with van der Waals surface area (Å²) in [5, 5.41) is 2.84. The van der Waals surface area contributed by atoms with Crippen LogP contribution < -0.4 is 16.0 Å². The molecule has 3 rings (SSSR count). The van der Waals surface area contributed by atoms with Gasteiger partial charge in [-0.25, -0.2) is 4.98 Å². The van der Waals surface area contributed by atoms with Gasteiger partial charge in [-0.15, -0.1) is 0 Å². The van der Waals surface area contributed by atoms with Gasteiger partial charge in [0, 0.05) is 22.2 Å². The number of pyridine rings is 1. The number of amides is 2. The van der Waals surface area contributed by atoms with Crippen LogP contribution in [0.5, 0.6) is 0 Å². The highest BCUT2D eigenvalue weighted by Gasteiger charge is 2.24. The van der Waals surface area contributed by atoms with E-state index in [4.69, 9.17) is 5.73 Å². The van der Waals surface area contributed by atoms with E-state index in [9.17, 15) is 9.59 Å². The quantitative estimate of drug-likeness (QED) is 0.702. The van der Waals surface area contributed by atoms with Crippen molar-refractivity contribution >= 4 is 45.9 Å². The third kappa shape index (κ3) is 4.47.